The minimum absolute atomic E-state index is 0.0464. The fourth-order valence-corrected chi connectivity index (χ4v) is 5.05. The van der Waals surface area contributed by atoms with Crippen molar-refractivity contribution in [3.8, 4) is 0 Å². The number of carbonyl (C=O) groups is 3. The van der Waals surface area contributed by atoms with Gasteiger partial charge >= 0.3 is 11.9 Å². The maximum atomic E-state index is 13.2. The predicted molar refractivity (Wildman–Crippen MR) is 128 cm³/mol. The second kappa shape index (κ2) is 9.29. The molecule has 3 aromatic rings. The first-order valence-electron chi connectivity index (χ1n) is 10.1. The molecule has 1 saturated heterocycles. The summed E-state index contributed by atoms with van der Waals surface area (Å²) >= 11 is 4.40. The Hall–Kier alpha value is -3.30. The number of rotatable bonds is 5. The lowest BCUT2D eigenvalue weighted by Gasteiger charge is -2.23. The van der Waals surface area contributed by atoms with E-state index in [9.17, 15) is 19.5 Å². The van der Waals surface area contributed by atoms with Gasteiger partial charge in [0, 0.05) is 10.0 Å². The van der Waals surface area contributed by atoms with Gasteiger partial charge in [0.05, 0.1) is 23.9 Å². The van der Waals surface area contributed by atoms with Crippen molar-refractivity contribution in [3.05, 3.63) is 86.3 Å². The second-order valence-corrected chi connectivity index (χ2v) is 9.11. The number of nitrogens with zero attached hydrogens (tertiary/aromatic N) is 2. The molecule has 33 heavy (non-hydrogen) atoms. The number of aliphatic hydroxyl groups is 1. The van der Waals surface area contributed by atoms with Crippen LogP contribution >= 0.6 is 27.3 Å². The van der Waals surface area contributed by atoms with Gasteiger partial charge in [-0.05, 0) is 31.5 Å². The third kappa shape index (κ3) is 4.21. The van der Waals surface area contributed by atoms with Crippen molar-refractivity contribution in [2.75, 3.05) is 11.5 Å². The quantitative estimate of drug-likeness (QED) is 0.217. The summed E-state index contributed by atoms with van der Waals surface area (Å²) in [5.41, 5.74) is 1.37. The molecule has 0 unspecified atom stereocenters. The van der Waals surface area contributed by atoms with Crippen molar-refractivity contribution >= 4 is 55.8 Å². The smallest absolute Gasteiger partial charge is 0.350 e. The Kier molecular flexibility index (Phi) is 6.44. The molecule has 1 amide bonds. The molecule has 9 heteroatoms. The molecule has 0 aliphatic carbocycles. The summed E-state index contributed by atoms with van der Waals surface area (Å²) in [6, 6.07) is 14.8. The minimum atomic E-state index is -0.927. The van der Waals surface area contributed by atoms with Crippen LogP contribution in [0.1, 0.15) is 39.5 Å². The topological polar surface area (TPSA) is 96.8 Å². The Morgan fingerprint density at radius 3 is 2.58 bits per heavy atom. The maximum Gasteiger partial charge on any atom is 0.350 e. The highest BCUT2D eigenvalue weighted by atomic mass is 79.9. The van der Waals surface area contributed by atoms with E-state index in [0.29, 0.717) is 16.8 Å². The van der Waals surface area contributed by atoms with Crippen LogP contribution in [0.5, 0.6) is 0 Å². The number of Topliss-reactive ketones (excluding diaryl/α,β-unsaturated/α-hetero) is 1. The van der Waals surface area contributed by atoms with Crippen LogP contribution in [0.15, 0.2) is 64.6 Å². The van der Waals surface area contributed by atoms with Gasteiger partial charge in [0.25, 0.3) is 5.78 Å². The molecular weight excluding hydrogens is 508 g/mol. The molecular formula is C24H19BrN2O5S. The highest BCUT2D eigenvalue weighted by molar-refractivity contribution is 9.10. The standard InChI is InChI=1S/C24H19BrN2O5S/c1-3-32-23(31)21-13(2)26-24(33-21)27-18(15-10-7-11-16(25)12-15)17(20(29)22(27)30)19(28)14-8-5-4-6-9-14/h4-12,18,28H,3H2,1-2H3/t18-/m1/s1. The van der Waals surface area contributed by atoms with Crippen molar-refractivity contribution in [1.82, 2.24) is 4.98 Å². The predicted octanol–water partition coefficient (Wildman–Crippen LogP) is 5.02. The zero-order chi connectivity index (χ0) is 23.7. The first-order chi connectivity index (χ1) is 15.8. The number of hydrogen-bond donors (Lipinski definition) is 1. The van der Waals surface area contributed by atoms with Gasteiger partial charge < -0.3 is 9.84 Å². The number of hydrogen-bond acceptors (Lipinski definition) is 7. The Balaban J connectivity index is 1.92. The number of aryl methyl sites for hydroxylation is 1. The molecule has 1 aliphatic heterocycles. The number of benzene rings is 2. The normalized spacial score (nSPS) is 17.4. The fourth-order valence-electron chi connectivity index (χ4n) is 3.64. The molecule has 4 rings (SSSR count). The maximum absolute atomic E-state index is 13.2. The van der Waals surface area contributed by atoms with Gasteiger partial charge in [0.1, 0.15) is 10.6 Å². The molecule has 168 valence electrons. The van der Waals surface area contributed by atoms with Gasteiger partial charge in [-0.3, -0.25) is 14.5 Å². The zero-order valence-electron chi connectivity index (χ0n) is 17.7. The zero-order valence-corrected chi connectivity index (χ0v) is 20.1. The van der Waals surface area contributed by atoms with Gasteiger partial charge in [-0.2, -0.15) is 0 Å². The van der Waals surface area contributed by atoms with Crippen LogP contribution in [0.4, 0.5) is 5.13 Å². The Morgan fingerprint density at radius 2 is 1.91 bits per heavy atom. The highest BCUT2D eigenvalue weighted by Crippen LogP contribution is 2.44. The monoisotopic (exact) mass is 526 g/mol. The van der Waals surface area contributed by atoms with Gasteiger partial charge in [0.15, 0.2) is 5.13 Å². The summed E-state index contributed by atoms with van der Waals surface area (Å²) < 4.78 is 5.83. The molecule has 1 aromatic heterocycles. The molecule has 0 radical (unpaired) electrons. The van der Waals surface area contributed by atoms with Crippen LogP contribution in [-0.4, -0.2) is 34.4 Å². The summed E-state index contributed by atoms with van der Waals surface area (Å²) in [5.74, 6) is -2.48. The van der Waals surface area contributed by atoms with Crippen molar-refractivity contribution in [2.24, 2.45) is 0 Å². The van der Waals surface area contributed by atoms with E-state index >= 15 is 0 Å². The molecule has 0 saturated carbocycles. The van der Waals surface area contributed by atoms with Crippen LogP contribution in [0.25, 0.3) is 5.76 Å². The summed E-state index contributed by atoms with van der Waals surface area (Å²) in [4.78, 5) is 44.6. The minimum Gasteiger partial charge on any atom is -0.507 e. The van der Waals surface area contributed by atoms with Crippen LogP contribution in [0, 0.1) is 6.92 Å². The average Bonchev–Trinajstić information content (AvgIpc) is 3.31. The molecule has 1 fully saturated rings. The summed E-state index contributed by atoms with van der Waals surface area (Å²) in [6.07, 6.45) is 0. The van der Waals surface area contributed by atoms with Crippen LogP contribution in [0.3, 0.4) is 0 Å². The van der Waals surface area contributed by atoms with E-state index in [1.54, 1.807) is 62.4 Å². The van der Waals surface area contributed by atoms with E-state index in [-0.39, 0.29) is 27.9 Å². The molecule has 7 nitrogen and oxygen atoms in total. The first kappa shape index (κ1) is 22.9. The summed E-state index contributed by atoms with van der Waals surface area (Å²) in [5, 5.41) is 11.2. The number of aromatic nitrogens is 1. The highest BCUT2D eigenvalue weighted by Gasteiger charge is 2.48. The Morgan fingerprint density at radius 1 is 1.18 bits per heavy atom. The lowest BCUT2D eigenvalue weighted by Crippen LogP contribution is -2.29. The third-order valence-corrected chi connectivity index (χ3v) is 6.74. The second-order valence-electron chi connectivity index (χ2n) is 7.22. The molecule has 0 bridgehead atoms. The molecule has 1 aliphatic rings. The lowest BCUT2D eigenvalue weighted by molar-refractivity contribution is -0.132. The van der Waals surface area contributed by atoms with Crippen LogP contribution in [-0.2, 0) is 14.3 Å². The van der Waals surface area contributed by atoms with E-state index in [4.69, 9.17) is 4.74 Å². The number of thiazole rings is 1. The number of carbonyl (C=O) groups excluding carboxylic acids is 3. The summed E-state index contributed by atoms with van der Waals surface area (Å²) in [6.45, 7) is 3.54. The third-order valence-electron chi connectivity index (χ3n) is 5.11. The van der Waals surface area contributed by atoms with E-state index in [2.05, 4.69) is 20.9 Å². The van der Waals surface area contributed by atoms with E-state index < -0.39 is 23.7 Å². The SMILES string of the molecule is CCOC(=O)c1sc(N2C(=O)C(=O)C(=C(O)c3ccccc3)[C@H]2c2cccc(Br)c2)nc1C. The van der Waals surface area contributed by atoms with Crippen molar-refractivity contribution in [3.63, 3.8) is 0 Å². The Bertz CT molecular complexity index is 1290. The number of amides is 1. The summed E-state index contributed by atoms with van der Waals surface area (Å²) in [7, 11) is 0. The van der Waals surface area contributed by atoms with E-state index in [0.717, 1.165) is 15.8 Å². The molecule has 0 spiro atoms. The molecule has 1 atom stereocenters. The lowest BCUT2D eigenvalue weighted by atomic mass is 9.95. The largest absolute Gasteiger partial charge is 0.507 e. The number of ketones is 1. The van der Waals surface area contributed by atoms with E-state index in [1.165, 1.54) is 4.90 Å². The number of ether oxygens (including phenoxy) is 1. The van der Waals surface area contributed by atoms with Gasteiger partial charge in [-0.15, -0.1) is 0 Å². The van der Waals surface area contributed by atoms with E-state index in [1.807, 2.05) is 6.07 Å². The van der Waals surface area contributed by atoms with Gasteiger partial charge in [0.2, 0.25) is 0 Å². The molecule has 2 heterocycles. The molecule has 1 N–H and O–H groups in total. The van der Waals surface area contributed by atoms with Crippen LogP contribution < -0.4 is 4.90 Å². The number of anilines is 1. The van der Waals surface area contributed by atoms with Gasteiger partial charge in [-0.25, -0.2) is 9.78 Å². The average molecular weight is 527 g/mol. The number of esters is 1. The van der Waals surface area contributed by atoms with Gasteiger partial charge in [-0.1, -0.05) is 69.7 Å². The number of aliphatic hydroxyl groups excluding tert-OH is 1. The van der Waals surface area contributed by atoms with Crippen molar-refractivity contribution < 1.29 is 24.2 Å². The number of halogens is 1. The molecule has 2 aromatic carbocycles. The Labute approximate surface area is 202 Å². The van der Waals surface area contributed by atoms with Crippen LogP contribution in [0.2, 0.25) is 0 Å². The van der Waals surface area contributed by atoms with Crippen molar-refractivity contribution in [2.45, 2.75) is 19.9 Å². The fraction of sp³-hybridized carbons (Fsp3) is 0.167. The first-order valence-corrected chi connectivity index (χ1v) is 11.7. The van der Waals surface area contributed by atoms with Crippen molar-refractivity contribution in [1.29, 1.82) is 0 Å².